The Morgan fingerprint density at radius 3 is 2.93 bits per heavy atom. The van der Waals surface area contributed by atoms with Gasteiger partial charge in [-0.2, -0.15) is 5.10 Å². The molecule has 5 heterocycles. The van der Waals surface area contributed by atoms with Gasteiger partial charge in [0, 0.05) is 42.5 Å². The molecule has 1 atom stereocenters. The highest BCUT2D eigenvalue weighted by Crippen LogP contribution is 2.29. The van der Waals surface area contributed by atoms with Crippen molar-refractivity contribution in [2.45, 2.75) is 18.9 Å². The van der Waals surface area contributed by atoms with Gasteiger partial charge in [0.2, 0.25) is 0 Å². The summed E-state index contributed by atoms with van der Waals surface area (Å²) in [4.78, 5) is 15.9. The number of hydrogen-bond donors (Lipinski definition) is 2. The van der Waals surface area contributed by atoms with Gasteiger partial charge in [-0.3, -0.25) is 15.1 Å². The highest BCUT2D eigenvalue weighted by atomic mass is 15.2. The number of anilines is 1. The topological polar surface area (TPSA) is 96.6 Å². The van der Waals surface area contributed by atoms with Gasteiger partial charge in [0.1, 0.15) is 11.5 Å². The highest BCUT2D eigenvalue weighted by Gasteiger charge is 2.19. The number of nitrogens with one attached hydrogen (secondary N) is 1. The predicted molar refractivity (Wildman–Crippen MR) is 110 cm³/mol. The predicted octanol–water partition coefficient (Wildman–Crippen LogP) is 3.01. The fraction of sp³-hybridized carbons (Fsp3) is 0.238. The first-order valence-electron chi connectivity index (χ1n) is 9.50. The normalized spacial score (nSPS) is 17.2. The minimum absolute atomic E-state index is 0.207. The smallest absolute Gasteiger partial charge is 0.129 e. The van der Waals surface area contributed by atoms with Crippen LogP contribution in [0.2, 0.25) is 0 Å². The van der Waals surface area contributed by atoms with E-state index in [0.717, 1.165) is 65.3 Å². The standard InChI is InChI=1S/C21H21N7/c22-15-5-3-9-28(13-15)20-7-1-6-17(25-20)21-16-10-18(14-4-2-8-23-11-14)24-12-19(16)26-27-21/h1-2,4,6-8,10-12,15H,3,5,9,13,22H2,(H,26,27)/t15-/m0/s1. The lowest BCUT2D eigenvalue weighted by atomic mass is 10.1. The molecule has 1 aliphatic rings. The van der Waals surface area contributed by atoms with Crippen molar-refractivity contribution in [2.24, 2.45) is 5.73 Å². The molecule has 5 rings (SSSR count). The van der Waals surface area contributed by atoms with Crippen LogP contribution in [0, 0.1) is 0 Å². The molecule has 1 fully saturated rings. The molecule has 4 aromatic heterocycles. The van der Waals surface area contributed by atoms with Crippen molar-refractivity contribution in [1.29, 1.82) is 0 Å². The van der Waals surface area contributed by atoms with Crippen LogP contribution in [0.15, 0.2) is 55.0 Å². The molecule has 4 aromatic rings. The van der Waals surface area contributed by atoms with Gasteiger partial charge in [-0.25, -0.2) is 4.98 Å². The Morgan fingerprint density at radius 1 is 1.11 bits per heavy atom. The summed E-state index contributed by atoms with van der Waals surface area (Å²) in [5.41, 5.74) is 10.5. The van der Waals surface area contributed by atoms with Crippen LogP contribution >= 0.6 is 0 Å². The number of aromatic amines is 1. The third kappa shape index (κ3) is 3.10. The summed E-state index contributed by atoms with van der Waals surface area (Å²) in [5, 5.41) is 8.58. The molecule has 7 nitrogen and oxygen atoms in total. The van der Waals surface area contributed by atoms with Gasteiger partial charge in [-0.15, -0.1) is 0 Å². The average molecular weight is 371 g/mol. The van der Waals surface area contributed by atoms with Gasteiger partial charge in [0.15, 0.2) is 0 Å². The Labute approximate surface area is 162 Å². The Kier molecular flexibility index (Phi) is 4.21. The molecule has 1 aliphatic heterocycles. The van der Waals surface area contributed by atoms with Crippen molar-refractivity contribution >= 4 is 16.7 Å². The lowest BCUT2D eigenvalue weighted by Gasteiger charge is -2.31. The largest absolute Gasteiger partial charge is 0.355 e. The molecule has 1 saturated heterocycles. The second-order valence-electron chi connectivity index (χ2n) is 7.16. The van der Waals surface area contributed by atoms with E-state index in [1.165, 1.54) is 0 Å². The zero-order valence-corrected chi connectivity index (χ0v) is 15.4. The summed E-state index contributed by atoms with van der Waals surface area (Å²) in [6.07, 6.45) is 7.55. The van der Waals surface area contributed by atoms with E-state index in [9.17, 15) is 0 Å². The van der Waals surface area contributed by atoms with Crippen molar-refractivity contribution in [1.82, 2.24) is 25.1 Å². The fourth-order valence-electron chi connectivity index (χ4n) is 3.73. The number of piperidine rings is 1. The number of pyridine rings is 3. The van der Waals surface area contributed by atoms with Gasteiger partial charge < -0.3 is 10.6 Å². The van der Waals surface area contributed by atoms with Crippen LogP contribution in [-0.4, -0.2) is 44.3 Å². The third-order valence-electron chi connectivity index (χ3n) is 5.16. The van der Waals surface area contributed by atoms with E-state index in [-0.39, 0.29) is 6.04 Å². The summed E-state index contributed by atoms with van der Waals surface area (Å²) in [5.74, 6) is 0.949. The van der Waals surface area contributed by atoms with Gasteiger partial charge >= 0.3 is 0 Å². The van der Waals surface area contributed by atoms with Crippen LogP contribution in [0.3, 0.4) is 0 Å². The minimum atomic E-state index is 0.207. The van der Waals surface area contributed by atoms with E-state index >= 15 is 0 Å². The number of aromatic nitrogens is 5. The van der Waals surface area contributed by atoms with Crippen LogP contribution in [0.25, 0.3) is 33.5 Å². The SMILES string of the molecule is N[C@H]1CCCN(c2cccc(-c3n[nH]c4cnc(-c5cccnc5)cc34)n2)C1. The number of H-pyrrole nitrogens is 1. The van der Waals surface area contributed by atoms with Crippen LogP contribution in [0.4, 0.5) is 5.82 Å². The Hall–Kier alpha value is -3.32. The number of fused-ring (bicyclic) bond motifs is 1. The lowest BCUT2D eigenvalue weighted by molar-refractivity contribution is 0.503. The van der Waals surface area contributed by atoms with E-state index < -0.39 is 0 Å². The number of hydrogen-bond acceptors (Lipinski definition) is 6. The summed E-state index contributed by atoms with van der Waals surface area (Å²) in [6.45, 7) is 1.83. The van der Waals surface area contributed by atoms with Gasteiger partial charge in [-0.05, 0) is 43.2 Å². The molecule has 0 aliphatic carbocycles. The van der Waals surface area contributed by atoms with Crippen LogP contribution in [0.1, 0.15) is 12.8 Å². The number of nitrogens with two attached hydrogens (primary N) is 1. The minimum Gasteiger partial charge on any atom is -0.355 e. The monoisotopic (exact) mass is 371 g/mol. The molecule has 140 valence electrons. The summed E-state index contributed by atoms with van der Waals surface area (Å²) in [7, 11) is 0. The summed E-state index contributed by atoms with van der Waals surface area (Å²) in [6, 6.07) is 12.2. The molecule has 0 amide bonds. The lowest BCUT2D eigenvalue weighted by Crippen LogP contribution is -2.43. The molecule has 0 bridgehead atoms. The van der Waals surface area contributed by atoms with Gasteiger partial charge in [0.05, 0.1) is 23.1 Å². The molecule has 0 aromatic carbocycles. The van der Waals surface area contributed by atoms with E-state index in [0.29, 0.717) is 0 Å². The van der Waals surface area contributed by atoms with Crippen molar-refractivity contribution in [2.75, 3.05) is 18.0 Å². The van der Waals surface area contributed by atoms with Crippen LogP contribution < -0.4 is 10.6 Å². The highest BCUT2D eigenvalue weighted by molar-refractivity contribution is 5.93. The Bertz CT molecular complexity index is 1110. The number of rotatable bonds is 3. The molecule has 0 spiro atoms. The quantitative estimate of drug-likeness (QED) is 0.575. The first-order chi connectivity index (χ1) is 13.8. The second-order valence-corrected chi connectivity index (χ2v) is 7.16. The molecule has 0 unspecified atom stereocenters. The van der Waals surface area contributed by atoms with E-state index in [4.69, 9.17) is 10.7 Å². The van der Waals surface area contributed by atoms with Crippen molar-refractivity contribution in [3.05, 3.63) is 55.0 Å². The van der Waals surface area contributed by atoms with E-state index in [1.54, 1.807) is 6.20 Å². The second kappa shape index (κ2) is 7.01. The maximum atomic E-state index is 6.14. The van der Waals surface area contributed by atoms with Crippen LogP contribution in [-0.2, 0) is 0 Å². The average Bonchev–Trinajstić information content (AvgIpc) is 3.18. The van der Waals surface area contributed by atoms with Gasteiger partial charge in [0.25, 0.3) is 0 Å². The molecule has 28 heavy (non-hydrogen) atoms. The maximum absolute atomic E-state index is 6.14. The molecule has 7 heteroatoms. The summed E-state index contributed by atoms with van der Waals surface area (Å²) < 4.78 is 0. The zero-order chi connectivity index (χ0) is 18.9. The number of nitrogens with zero attached hydrogens (tertiary/aromatic N) is 5. The summed E-state index contributed by atoms with van der Waals surface area (Å²) >= 11 is 0. The molecule has 0 radical (unpaired) electrons. The zero-order valence-electron chi connectivity index (χ0n) is 15.4. The van der Waals surface area contributed by atoms with Crippen molar-refractivity contribution in [3.8, 4) is 22.6 Å². The van der Waals surface area contributed by atoms with E-state index in [1.807, 2.05) is 48.8 Å². The maximum Gasteiger partial charge on any atom is 0.129 e. The van der Waals surface area contributed by atoms with Crippen molar-refractivity contribution in [3.63, 3.8) is 0 Å². The third-order valence-corrected chi connectivity index (χ3v) is 5.16. The molecular weight excluding hydrogens is 350 g/mol. The Morgan fingerprint density at radius 2 is 2.07 bits per heavy atom. The van der Waals surface area contributed by atoms with Crippen molar-refractivity contribution < 1.29 is 0 Å². The van der Waals surface area contributed by atoms with Crippen LogP contribution in [0.5, 0.6) is 0 Å². The molecule has 0 saturated carbocycles. The first-order valence-corrected chi connectivity index (χ1v) is 9.50. The van der Waals surface area contributed by atoms with E-state index in [2.05, 4.69) is 25.1 Å². The molecule has 3 N–H and O–H groups in total. The molecular formula is C21H21N7. The Balaban J connectivity index is 1.55. The fourth-order valence-corrected chi connectivity index (χ4v) is 3.73. The van der Waals surface area contributed by atoms with Gasteiger partial charge in [-0.1, -0.05) is 6.07 Å². The first kappa shape index (κ1) is 16.8.